The van der Waals surface area contributed by atoms with Crippen molar-refractivity contribution in [2.45, 2.75) is 19.6 Å². The number of furan rings is 1. The second kappa shape index (κ2) is 6.03. The SMILES string of the molecule is Cc1ccc(C(=O)N(Cc2ccco2)CC(F)(F)F)cc1. The molecule has 0 radical (unpaired) electrons. The standard InChI is InChI=1S/C15H14F3NO2/c1-11-4-6-12(7-5-11)14(20)19(10-15(16,17)18)9-13-3-2-8-21-13/h2-8H,9-10H2,1H3. The molecule has 0 aliphatic carbocycles. The molecule has 3 nitrogen and oxygen atoms in total. The van der Waals surface area contributed by atoms with Gasteiger partial charge >= 0.3 is 6.18 Å². The van der Waals surface area contributed by atoms with E-state index in [4.69, 9.17) is 4.42 Å². The van der Waals surface area contributed by atoms with Crippen LogP contribution in [0, 0.1) is 6.92 Å². The van der Waals surface area contributed by atoms with Crippen LogP contribution in [0.2, 0.25) is 0 Å². The molecule has 0 spiro atoms. The summed E-state index contributed by atoms with van der Waals surface area (Å²) in [6.45, 7) is 0.296. The summed E-state index contributed by atoms with van der Waals surface area (Å²) in [4.78, 5) is 13.0. The fraction of sp³-hybridized carbons (Fsp3) is 0.267. The molecule has 1 amide bonds. The zero-order valence-corrected chi connectivity index (χ0v) is 11.4. The van der Waals surface area contributed by atoms with Crippen molar-refractivity contribution in [2.24, 2.45) is 0 Å². The molecule has 0 aliphatic rings. The topological polar surface area (TPSA) is 33.5 Å². The molecule has 0 fully saturated rings. The lowest BCUT2D eigenvalue weighted by Crippen LogP contribution is -2.38. The van der Waals surface area contributed by atoms with Crippen LogP contribution in [0.15, 0.2) is 47.1 Å². The summed E-state index contributed by atoms with van der Waals surface area (Å²) in [5.74, 6) is -0.372. The molecule has 0 bridgehead atoms. The van der Waals surface area contributed by atoms with Crippen molar-refractivity contribution < 1.29 is 22.4 Å². The lowest BCUT2D eigenvalue weighted by molar-refractivity contribution is -0.142. The van der Waals surface area contributed by atoms with Gasteiger partial charge in [-0.3, -0.25) is 4.79 Å². The van der Waals surface area contributed by atoms with Crippen LogP contribution in [0.4, 0.5) is 13.2 Å². The lowest BCUT2D eigenvalue weighted by atomic mass is 10.1. The summed E-state index contributed by atoms with van der Waals surface area (Å²) in [6.07, 6.45) is -3.11. The van der Waals surface area contributed by atoms with Crippen molar-refractivity contribution in [1.29, 1.82) is 0 Å². The maximum atomic E-state index is 12.7. The third-order valence-corrected chi connectivity index (χ3v) is 2.88. The Hall–Kier alpha value is -2.24. The number of carbonyl (C=O) groups excluding carboxylic acids is 1. The fourth-order valence-electron chi connectivity index (χ4n) is 1.89. The predicted octanol–water partition coefficient (Wildman–Crippen LogP) is 3.79. The maximum Gasteiger partial charge on any atom is 0.406 e. The molecule has 0 N–H and O–H groups in total. The Labute approximate surface area is 120 Å². The summed E-state index contributed by atoms with van der Waals surface area (Å²) < 4.78 is 43.0. The van der Waals surface area contributed by atoms with Crippen LogP contribution >= 0.6 is 0 Å². The number of nitrogens with zero attached hydrogens (tertiary/aromatic N) is 1. The number of hydrogen-bond donors (Lipinski definition) is 0. The van der Waals surface area contributed by atoms with Crippen molar-refractivity contribution in [2.75, 3.05) is 6.54 Å². The number of alkyl halides is 3. The van der Waals surface area contributed by atoms with E-state index in [1.54, 1.807) is 18.2 Å². The Balaban J connectivity index is 2.21. The predicted molar refractivity (Wildman–Crippen MR) is 70.7 cm³/mol. The summed E-state index contributed by atoms with van der Waals surface area (Å²) in [5, 5.41) is 0. The number of carbonyl (C=O) groups is 1. The maximum absolute atomic E-state index is 12.7. The number of hydrogen-bond acceptors (Lipinski definition) is 2. The molecule has 1 aromatic carbocycles. The monoisotopic (exact) mass is 297 g/mol. The fourth-order valence-corrected chi connectivity index (χ4v) is 1.89. The summed E-state index contributed by atoms with van der Waals surface area (Å²) in [5.41, 5.74) is 1.15. The minimum absolute atomic E-state index is 0.219. The Kier molecular flexibility index (Phi) is 4.35. The molecule has 1 aromatic heterocycles. The van der Waals surface area contributed by atoms with Crippen LogP contribution in [-0.4, -0.2) is 23.5 Å². The molecule has 112 valence electrons. The molecule has 0 saturated heterocycles. The first kappa shape index (κ1) is 15.2. The van der Waals surface area contributed by atoms with Gasteiger partial charge in [-0.05, 0) is 31.2 Å². The van der Waals surface area contributed by atoms with Gasteiger partial charge in [0.15, 0.2) is 0 Å². The van der Waals surface area contributed by atoms with Crippen LogP contribution < -0.4 is 0 Å². The van der Waals surface area contributed by atoms with Crippen molar-refractivity contribution in [3.8, 4) is 0 Å². The highest BCUT2D eigenvalue weighted by molar-refractivity contribution is 5.94. The van der Waals surface area contributed by atoms with Gasteiger partial charge in [0.1, 0.15) is 12.3 Å². The van der Waals surface area contributed by atoms with E-state index >= 15 is 0 Å². The van der Waals surface area contributed by atoms with Gasteiger partial charge in [0, 0.05) is 5.56 Å². The smallest absolute Gasteiger partial charge is 0.406 e. The number of halogens is 3. The Morgan fingerprint density at radius 3 is 2.38 bits per heavy atom. The van der Waals surface area contributed by atoms with Crippen LogP contribution in [0.1, 0.15) is 21.7 Å². The lowest BCUT2D eigenvalue weighted by Gasteiger charge is -2.23. The number of rotatable bonds is 4. The largest absolute Gasteiger partial charge is 0.467 e. The minimum Gasteiger partial charge on any atom is -0.467 e. The van der Waals surface area contributed by atoms with E-state index in [-0.39, 0.29) is 12.1 Å². The van der Waals surface area contributed by atoms with Gasteiger partial charge in [-0.15, -0.1) is 0 Å². The average molecular weight is 297 g/mol. The van der Waals surface area contributed by atoms with E-state index < -0.39 is 18.6 Å². The van der Waals surface area contributed by atoms with Crippen LogP contribution in [0.25, 0.3) is 0 Å². The third-order valence-electron chi connectivity index (χ3n) is 2.88. The van der Waals surface area contributed by atoms with Gasteiger partial charge in [0.05, 0.1) is 12.8 Å². The van der Waals surface area contributed by atoms with Gasteiger partial charge in [-0.2, -0.15) is 13.2 Å². The molecule has 6 heteroatoms. The van der Waals surface area contributed by atoms with Crippen LogP contribution in [-0.2, 0) is 6.54 Å². The Bertz CT molecular complexity index is 588. The van der Waals surface area contributed by atoms with E-state index in [2.05, 4.69) is 0 Å². The summed E-state index contributed by atoms with van der Waals surface area (Å²) >= 11 is 0. The number of aryl methyl sites for hydroxylation is 1. The first-order chi connectivity index (χ1) is 9.85. The highest BCUT2D eigenvalue weighted by atomic mass is 19.4. The molecule has 0 atom stereocenters. The second-order valence-corrected chi connectivity index (χ2v) is 4.72. The minimum atomic E-state index is -4.47. The molecule has 0 saturated carbocycles. The van der Waals surface area contributed by atoms with Crippen molar-refractivity contribution >= 4 is 5.91 Å². The first-order valence-corrected chi connectivity index (χ1v) is 6.30. The molecule has 2 aromatic rings. The second-order valence-electron chi connectivity index (χ2n) is 4.72. The highest BCUT2D eigenvalue weighted by Gasteiger charge is 2.33. The van der Waals surface area contributed by atoms with E-state index in [9.17, 15) is 18.0 Å². The summed E-state index contributed by atoms with van der Waals surface area (Å²) in [7, 11) is 0. The quantitative estimate of drug-likeness (QED) is 0.860. The molecule has 0 unspecified atom stereocenters. The Morgan fingerprint density at radius 2 is 1.86 bits per heavy atom. The van der Waals surface area contributed by atoms with Crippen molar-refractivity contribution in [1.82, 2.24) is 4.90 Å². The zero-order chi connectivity index (χ0) is 15.5. The molecule has 0 aliphatic heterocycles. The molecule has 2 rings (SSSR count). The average Bonchev–Trinajstić information content (AvgIpc) is 2.89. The van der Waals surface area contributed by atoms with Crippen molar-refractivity contribution in [3.05, 3.63) is 59.5 Å². The van der Waals surface area contributed by atoms with E-state index in [0.29, 0.717) is 5.76 Å². The molecule has 1 heterocycles. The molecular weight excluding hydrogens is 283 g/mol. The third kappa shape index (κ3) is 4.37. The zero-order valence-electron chi connectivity index (χ0n) is 11.4. The normalized spacial score (nSPS) is 11.4. The van der Waals surface area contributed by atoms with Crippen molar-refractivity contribution in [3.63, 3.8) is 0 Å². The molecule has 21 heavy (non-hydrogen) atoms. The Morgan fingerprint density at radius 1 is 1.19 bits per heavy atom. The molecular formula is C15H14F3NO2. The van der Waals surface area contributed by atoms with E-state index in [0.717, 1.165) is 10.5 Å². The first-order valence-electron chi connectivity index (χ1n) is 6.30. The van der Waals surface area contributed by atoms with Gasteiger partial charge in [-0.1, -0.05) is 17.7 Å². The number of amides is 1. The van der Waals surface area contributed by atoms with Crippen LogP contribution in [0.3, 0.4) is 0 Å². The van der Waals surface area contributed by atoms with E-state index in [1.165, 1.54) is 24.5 Å². The van der Waals surface area contributed by atoms with Gasteiger partial charge < -0.3 is 9.32 Å². The highest BCUT2D eigenvalue weighted by Crippen LogP contribution is 2.20. The summed E-state index contributed by atoms with van der Waals surface area (Å²) in [6, 6.07) is 9.51. The van der Waals surface area contributed by atoms with Gasteiger partial charge in [0.2, 0.25) is 0 Å². The van der Waals surface area contributed by atoms with Gasteiger partial charge in [-0.25, -0.2) is 0 Å². The van der Waals surface area contributed by atoms with Gasteiger partial charge in [0.25, 0.3) is 5.91 Å². The van der Waals surface area contributed by atoms with Crippen LogP contribution in [0.5, 0.6) is 0 Å². The van der Waals surface area contributed by atoms with E-state index in [1.807, 2.05) is 6.92 Å². The number of benzene rings is 1.